The van der Waals surface area contributed by atoms with Crippen molar-refractivity contribution in [3.05, 3.63) is 64.7 Å². The number of methoxy groups -OCH3 is 1. The lowest BCUT2D eigenvalue weighted by Crippen LogP contribution is -2.46. The van der Waals surface area contributed by atoms with Crippen LogP contribution in [0.3, 0.4) is 0 Å². The van der Waals surface area contributed by atoms with Crippen LogP contribution in [0, 0.1) is 0 Å². The van der Waals surface area contributed by atoms with Gasteiger partial charge >= 0.3 is 0 Å². The molecule has 2 aliphatic heterocycles. The summed E-state index contributed by atoms with van der Waals surface area (Å²) in [6.45, 7) is 1.13. The molecule has 0 aliphatic carbocycles. The Morgan fingerprint density at radius 2 is 1.89 bits per heavy atom. The van der Waals surface area contributed by atoms with Crippen molar-refractivity contribution in [3.63, 3.8) is 0 Å². The van der Waals surface area contributed by atoms with Gasteiger partial charge in [0.1, 0.15) is 5.75 Å². The van der Waals surface area contributed by atoms with E-state index in [1.807, 2.05) is 41.3 Å². The van der Waals surface area contributed by atoms with Crippen LogP contribution in [-0.2, 0) is 4.84 Å². The Hall–Kier alpha value is -2.57. The summed E-state index contributed by atoms with van der Waals surface area (Å²) >= 11 is 5.94. The number of piperidine rings is 1. The van der Waals surface area contributed by atoms with Gasteiger partial charge in [-0.1, -0.05) is 23.7 Å². The molecule has 1 N–H and O–H groups in total. The largest absolute Gasteiger partial charge is 0.496 e. The monoisotopic (exact) mass is 385 g/mol. The van der Waals surface area contributed by atoms with Gasteiger partial charge in [-0.3, -0.25) is 4.79 Å². The number of carbonyl (C=O) groups excluding carboxylic acids is 1. The summed E-state index contributed by atoms with van der Waals surface area (Å²) in [6.07, 6.45) is 1.25. The van der Waals surface area contributed by atoms with Gasteiger partial charge < -0.3 is 9.64 Å². The standard InChI is InChI=1S/C20H20ClN3O3/c1-26-17-5-3-2-4-16(17)19(25)24-12-10-20(11-13-24)22-18(23-27-20)14-6-8-15(21)9-7-14/h2-9H,10-13H2,1H3,(H,22,23). The van der Waals surface area contributed by atoms with E-state index >= 15 is 0 Å². The lowest BCUT2D eigenvalue weighted by molar-refractivity contribution is -0.0849. The van der Waals surface area contributed by atoms with Crippen LogP contribution >= 0.6 is 11.6 Å². The Kier molecular flexibility index (Phi) is 4.76. The highest BCUT2D eigenvalue weighted by Gasteiger charge is 2.41. The second-order valence-corrected chi connectivity index (χ2v) is 7.05. The van der Waals surface area contributed by atoms with Gasteiger partial charge in [0.25, 0.3) is 5.91 Å². The Morgan fingerprint density at radius 3 is 2.59 bits per heavy atom. The van der Waals surface area contributed by atoms with Crippen LogP contribution in [0.25, 0.3) is 0 Å². The molecule has 6 nitrogen and oxygen atoms in total. The van der Waals surface area contributed by atoms with E-state index in [-0.39, 0.29) is 5.91 Å². The maximum absolute atomic E-state index is 12.8. The Labute approximate surface area is 162 Å². The van der Waals surface area contributed by atoms with E-state index in [0.29, 0.717) is 48.1 Å². The predicted octanol–water partition coefficient (Wildman–Crippen LogP) is 3.26. The van der Waals surface area contributed by atoms with E-state index in [9.17, 15) is 4.79 Å². The third-order valence-electron chi connectivity index (χ3n) is 4.94. The minimum absolute atomic E-state index is 0.0323. The third kappa shape index (κ3) is 3.50. The zero-order valence-corrected chi connectivity index (χ0v) is 15.7. The minimum atomic E-state index is -0.632. The summed E-state index contributed by atoms with van der Waals surface area (Å²) in [5, 5.41) is 0.677. The minimum Gasteiger partial charge on any atom is -0.496 e. The van der Waals surface area contributed by atoms with Crippen LogP contribution in [-0.4, -0.2) is 42.6 Å². The summed E-state index contributed by atoms with van der Waals surface area (Å²) in [4.78, 5) is 25.2. The van der Waals surface area contributed by atoms with E-state index in [4.69, 9.17) is 26.2 Å². The number of hydrogen-bond acceptors (Lipinski definition) is 5. The van der Waals surface area contributed by atoms with Gasteiger partial charge in [-0.25, -0.2) is 15.3 Å². The molecule has 2 aromatic carbocycles. The number of carbonyl (C=O) groups is 1. The van der Waals surface area contributed by atoms with Crippen LogP contribution in [0.15, 0.2) is 53.5 Å². The highest BCUT2D eigenvalue weighted by Crippen LogP contribution is 2.32. The first-order valence-corrected chi connectivity index (χ1v) is 9.20. The van der Waals surface area contributed by atoms with Crippen LogP contribution in [0.1, 0.15) is 28.8 Å². The number of likely N-dealkylation sites (tertiary alicyclic amines) is 1. The van der Waals surface area contributed by atoms with Crippen molar-refractivity contribution in [2.24, 2.45) is 4.99 Å². The molecule has 1 saturated heterocycles. The first-order valence-electron chi connectivity index (χ1n) is 8.82. The molecule has 27 heavy (non-hydrogen) atoms. The number of amides is 1. The molecule has 2 aliphatic rings. The highest BCUT2D eigenvalue weighted by molar-refractivity contribution is 6.30. The molecule has 2 aromatic rings. The number of rotatable bonds is 3. The number of ether oxygens (including phenoxy) is 1. The van der Waals surface area contributed by atoms with Crippen LogP contribution < -0.4 is 10.2 Å². The molecule has 7 heteroatoms. The van der Waals surface area contributed by atoms with E-state index in [2.05, 4.69) is 5.48 Å². The van der Waals surface area contributed by atoms with Crippen molar-refractivity contribution in [1.29, 1.82) is 0 Å². The molecule has 0 atom stereocenters. The fraction of sp³-hybridized carbons (Fsp3) is 0.300. The average Bonchev–Trinajstić information content (AvgIpc) is 3.12. The van der Waals surface area contributed by atoms with Gasteiger partial charge in [0.05, 0.1) is 12.7 Å². The Balaban J connectivity index is 1.46. The Morgan fingerprint density at radius 1 is 1.19 bits per heavy atom. The van der Waals surface area contributed by atoms with Gasteiger partial charge in [-0.15, -0.1) is 0 Å². The van der Waals surface area contributed by atoms with Gasteiger partial charge in [-0.2, -0.15) is 0 Å². The number of hydroxylamine groups is 1. The van der Waals surface area contributed by atoms with E-state index in [0.717, 1.165) is 5.56 Å². The van der Waals surface area contributed by atoms with E-state index in [1.54, 1.807) is 19.2 Å². The molecule has 0 bridgehead atoms. The number of aliphatic imine (C=N–C) groups is 1. The zero-order valence-electron chi connectivity index (χ0n) is 14.9. The SMILES string of the molecule is COc1ccccc1C(=O)N1CCC2(CC1)N=C(c1ccc(Cl)cc1)NO2. The molecule has 1 spiro atoms. The van der Waals surface area contributed by atoms with Crippen LogP contribution in [0.5, 0.6) is 5.75 Å². The number of para-hydroxylation sites is 1. The third-order valence-corrected chi connectivity index (χ3v) is 5.19. The van der Waals surface area contributed by atoms with Crippen molar-refractivity contribution in [1.82, 2.24) is 10.4 Å². The highest BCUT2D eigenvalue weighted by atomic mass is 35.5. The molecule has 0 unspecified atom stereocenters. The average molecular weight is 386 g/mol. The lowest BCUT2D eigenvalue weighted by atomic mass is 10.00. The van der Waals surface area contributed by atoms with E-state index < -0.39 is 5.72 Å². The second-order valence-electron chi connectivity index (χ2n) is 6.61. The number of nitrogens with one attached hydrogen (secondary N) is 1. The molecule has 1 amide bonds. The van der Waals surface area contributed by atoms with Crippen LogP contribution in [0.4, 0.5) is 0 Å². The quantitative estimate of drug-likeness (QED) is 0.880. The number of halogens is 1. The maximum Gasteiger partial charge on any atom is 0.257 e. The second kappa shape index (κ2) is 7.21. The number of nitrogens with zero attached hydrogens (tertiary/aromatic N) is 2. The topological polar surface area (TPSA) is 63.2 Å². The fourth-order valence-corrected chi connectivity index (χ4v) is 3.51. The Bertz CT molecular complexity index is 874. The molecule has 4 rings (SSSR count). The molecule has 0 radical (unpaired) electrons. The first kappa shape index (κ1) is 17.8. The number of hydrogen-bond donors (Lipinski definition) is 1. The van der Waals surface area contributed by atoms with Gasteiger partial charge in [0, 0.05) is 36.5 Å². The summed E-state index contributed by atoms with van der Waals surface area (Å²) < 4.78 is 5.31. The first-order chi connectivity index (χ1) is 13.1. The molecule has 2 heterocycles. The predicted molar refractivity (Wildman–Crippen MR) is 103 cm³/mol. The summed E-state index contributed by atoms with van der Waals surface area (Å²) in [5.74, 6) is 1.25. The lowest BCUT2D eigenvalue weighted by Gasteiger charge is -2.35. The molecule has 0 saturated carbocycles. The van der Waals surface area contributed by atoms with Gasteiger partial charge in [0.15, 0.2) is 11.6 Å². The molecular formula is C20H20ClN3O3. The smallest absolute Gasteiger partial charge is 0.257 e. The molecule has 1 fully saturated rings. The summed E-state index contributed by atoms with van der Waals surface area (Å²) in [7, 11) is 1.57. The van der Waals surface area contributed by atoms with Gasteiger partial charge in [0.2, 0.25) is 0 Å². The maximum atomic E-state index is 12.8. The van der Waals surface area contributed by atoms with Gasteiger partial charge in [-0.05, 0) is 36.4 Å². The number of benzene rings is 2. The zero-order chi connectivity index (χ0) is 18.9. The number of amidine groups is 1. The molecule has 0 aromatic heterocycles. The summed E-state index contributed by atoms with van der Waals surface area (Å²) in [5.41, 5.74) is 3.79. The normalized spacial score (nSPS) is 18.1. The summed E-state index contributed by atoms with van der Waals surface area (Å²) in [6, 6.07) is 14.7. The van der Waals surface area contributed by atoms with Crippen molar-refractivity contribution >= 4 is 23.3 Å². The van der Waals surface area contributed by atoms with Crippen LogP contribution in [0.2, 0.25) is 5.02 Å². The van der Waals surface area contributed by atoms with Crippen molar-refractivity contribution in [3.8, 4) is 5.75 Å². The molecular weight excluding hydrogens is 366 g/mol. The van der Waals surface area contributed by atoms with Crippen molar-refractivity contribution in [2.45, 2.75) is 18.6 Å². The molecule has 140 valence electrons. The van der Waals surface area contributed by atoms with Crippen molar-refractivity contribution in [2.75, 3.05) is 20.2 Å². The van der Waals surface area contributed by atoms with Crippen molar-refractivity contribution < 1.29 is 14.4 Å². The fourth-order valence-electron chi connectivity index (χ4n) is 3.39. The van der Waals surface area contributed by atoms with E-state index in [1.165, 1.54) is 0 Å².